The van der Waals surface area contributed by atoms with Crippen LogP contribution in [0, 0.1) is 5.82 Å². The first-order chi connectivity index (χ1) is 12.7. The quantitative estimate of drug-likeness (QED) is 0.827. The van der Waals surface area contributed by atoms with E-state index in [0.717, 1.165) is 18.3 Å². The molecule has 2 amide bonds. The summed E-state index contributed by atoms with van der Waals surface area (Å²) in [6.45, 7) is 0.393. The van der Waals surface area contributed by atoms with E-state index in [-0.39, 0.29) is 12.3 Å². The van der Waals surface area contributed by atoms with Crippen LogP contribution in [0.4, 0.5) is 17.6 Å². The number of alkyl halides is 3. The first-order valence-electron chi connectivity index (χ1n) is 8.13. The maximum absolute atomic E-state index is 13.9. The number of likely N-dealkylation sites (tertiary alicyclic amines) is 1. The van der Waals surface area contributed by atoms with E-state index in [9.17, 15) is 27.2 Å². The minimum atomic E-state index is -4.94. The fourth-order valence-corrected chi connectivity index (χ4v) is 2.92. The number of para-hydroxylation sites is 1. The maximum Gasteiger partial charge on any atom is 0.434 e. The van der Waals surface area contributed by atoms with E-state index >= 15 is 0 Å². The predicted molar refractivity (Wildman–Crippen MR) is 86.6 cm³/mol. The Labute approximate surface area is 151 Å². The van der Waals surface area contributed by atoms with E-state index in [4.69, 9.17) is 0 Å². The monoisotopic (exact) mass is 384 g/mol. The summed E-state index contributed by atoms with van der Waals surface area (Å²) in [7, 11) is 1.61. The summed E-state index contributed by atoms with van der Waals surface area (Å²) >= 11 is 0. The molecule has 144 valence electrons. The van der Waals surface area contributed by atoms with Crippen LogP contribution in [0.5, 0.6) is 0 Å². The molecule has 6 nitrogen and oxygen atoms in total. The maximum atomic E-state index is 13.9. The third-order valence-corrected chi connectivity index (χ3v) is 4.36. The van der Waals surface area contributed by atoms with Crippen LogP contribution in [-0.4, -0.2) is 46.1 Å². The Balaban J connectivity index is 1.93. The fourth-order valence-electron chi connectivity index (χ4n) is 2.92. The van der Waals surface area contributed by atoms with Crippen LogP contribution in [0.3, 0.4) is 0 Å². The van der Waals surface area contributed by atoms with Gasteiger partial charge >= 0.3 is 6.18 Å². The Morgan fingerprint density at radius 2 is 2.00 bits per heavy atom. The molecule has 3 rings (SSSR count). The second-order valence-electron chi connectivity index (χ2n) is 6.25. The molecule has 10 heteroatoms. The standard InChI is InChI=1S/C17H16F4N4O2/c1-24-7-6-10(8-14(24)26)23-16(27)11-9-22-25(15(11)17(19,20)21)13-5-3-2-4-12(13)18/h2-5,9-10H,6-8H2,1H3,(H,23,27)/t10-/m0/s1. The van der Waals surface area contributed by atoms with Crippen LogP contribution >= 0.6 is 0 Å². The highest BCUT2D eigenvalue weighted by Crippen LogP contribution is 2.34. The van der Waals surface area contributed by atoms with Gasteiger partial charge in [-0.15, -0.1) is 0 Å². The van der Waals surface area contributed by atoms with Crippen LogP contribution in [0.1, 0.15) is 28.9 Å². The van der Waals surface area contributed by atoms with Gasteiger partial charge in [0.1, 0.15) is 11.5 Å². The molecule has 1 aromatic heterocycles. The lowest BCUT2D eigenvalue weighted by Gasteiger charge is -2.29. The van der Waals surface area contributed by atoms with Gasteiger partial charge in [0.25, 0.3) is 5.91 Å². The van der Waals surface area contributed by atoms with E-state index in [1.807, 2.05) is 0 Å². The number of nitrogens with one attached hydrogen (secondary N) is 1. The van der Waals surface area contributed by atoms with Gasteiger partial charge < -0.3 is 10.2 Å². The second-order valence-corrected chi connectivity index (χ2v) is 6.25. The summed E-state index contributed by atoms with van der Waals surface area (Å²) in [5.74, 6) is -2.11. The largest absolute Gasteiger partial charge is 0.434 e. The number of benzene rings is 1. The smallest absolute Gasteiger partial charge is 0.349 e. The summed E-state index contributed by atoms with van der Waals surface area (Å²) in [4.78, 5) is 25.6. The molecule has 0 spiro atoms. The summed E-state index contributed by atoms with van der Waals surface area (Å²) < 4.78 is 55.1. The van der Waals surface area contributed by atoms with Crippen LogP contribution in [0.15, 0.2) is 30.5 Å². The summed E-state index contributed by atoms with van der Waals surface area (Å²) in [6, 6.07) is 4.26. The number of carbonyl (C=O) groups is 2. The molecule has 0 aliphatic carbocycles. The number of hydrogen-bond acceptors (Lipinski definition) is 3. The lowest BCUT2D eigenvalue weighted by molar-refractivity contribution is -0.143. The normalized spacial score (nSPS) is 17.9. The van der Waals surface area contributed by atoms with Gasteiger partial charge in [0.15, 0.2) is 5.69 Å². The zero-order valence-electron chi connectivity index (χ0n) is 14.3. The molecule has 27 heavy (non-hydrogen) atoms. The summed E-state index contributed by atoms with van der Waals surface area (Å²) in [5.41, 5.74) is -2.51. The lowest BCUT2D eigenvalue weighted by atomic mass is 10.0. The van der Waals surface area contributed by atoms with Gasteiger partial charge in [0.05, 0.1) is 11.8 Å². The molecule has 2 heterocycles. The van der Waals surface area contributed by atoms with Crippen molar-refractivity contribution in [2.75, 3.05) is 13.6 Å². The molecule has 1 fully saturated rings. The highest BCUT2D eigenvalue weighted by Gasteiger charge is 2.41. The minimum Gasteiger partial charge on any atom is -0.349 e. The van der Waals surface area contributed by atoms with Gasteiger partial charge in [-0.05, 0) is 18.6 Å². The van der Waals surface area contributed by atoms with Crippen molar-refractivity contribution in [1.82, 2.24) is 20.0 Å². The lowest BCUT2D eigenvalue weighted by Crippen LogP contribution is -2.46. The average molecular weight is 384 g/mol. The highest BCUT2D eigenvalue weighted by atomic mass is 19.4. The first kappa shape index (κ1) is 18.9. The van der Waals surface area contributed by atoms with Crippen molar-refractivity contribution in [2.45, 2.75) is 25.1 Å². The topological polar surface area (TPSA) is 67.2 Å². The van der Waals surface area contributed by atoms with E-state index in [2.05, 4.69) is 10.4 Å². The number of nitrogens with zero attached hydrogens (tertiary/aromatic N) is 3. The number of aromatic nitrogens is 2. The number of halogens is 4. The average Bonchev–Trinajstić information content (AvgIpc) is 3.04. The Bertz CT molecular complexity index is 878. The van der Waals surface area contributed by atoms with Crippen LogP contribution in [0.2, 0.25) is 0 Å². The van der Waals surface area contributed by atoms with Crippen LogP contribution in [-0.2, 0) is 11.0 Å². The molecule has 1 aromatic carbocycles. The fraction of sp³-hybridized carbons (Fsp3) is 0.353. The molecule has 1 aliphatic rings. The van der Waals surface area contributed by atoms with Gasteiger partial charge in [0.2, 0.25) is 5.91 Å². The SMILES string of the molecule is CN1CC[C@H](NC(=O)c2cnn(-c3ccccc3F)c2C(F)(F)F)CC1=O. The molecular formula is C17H16F4N4O2. The van der Waals surface area contributed by atoms with Gasteiger partial charge in [-0.3, -0.25) is 9.59 Å². The molecule has 1 aliphatic heterocycles. The first-order valence-corrected chi connectivity index (χ1v) is 8.13. The molecule has 1 saturated heterocycles. The molecule has 1 atom stereocenters. The van der Waals surface area contributed by atoms with E-state index in [1.54, 1.807) is 7.05 Å². The Hall–Kier alpha value is -2.91. The molecule has 0 unspecified atom stereocenters. The third kappa shape index (κ3) is 3.79. The number of piperidine rings is 1. The van der Waals surface area contributed by atoms with Crippen molar-refractivity contribution in [1.29, 1.82) is 0 Å². The summed E-state index contributed by atoms with van der Waals surface area (Å²) in [6.07, 6.45) is -3.75. The molecule has 0 radical (unpaired) electrons. The van der Waals surface area contributed by atoms with Gasteiger partial charge in [-0.25, -0.2) is 9.07 Å². The van der Waals surface area contributed by atoms with Gasteiger partial charge in [0, 0.05) is 26.1 Å². The number of rotatable bonds is 3. The minimum absolute atomic E-state index is 0.00500. The van der Waals surface area contributed by atoms with Crippen molar-refractivity contribution in [2.24, 2.45) is 0 Å². The molecular weight excluding hydrogens is 368 g/mol. The second kappa shape index (κ2) is 7.01. The highest BCUT2D eigenvalue weighted by molar-refractivity contribution is 5.96. The summed E-state index contributed by atoms with van der Waals surface area (Å²) in [5, 5.41) is 6.02. The Morgan fingerprint density at radius 3 is 2.63 bits per heavy atom. The zero-order valence-corrected chi connectivity index (χ0v) is 14.3. The van der Waals surface area contributed by atoms with E-state index in [1.165, 1.54) is 17.0 Å². The number of amides is 2. The van der Waals surface area contributed by atoms with Crippen molar-refractivity contribution in [3.05, 3.63) is 47.5 Å². The van der Waals surface area contributed by atoms with Crippen LogP contribution in [0.25, 0.3) is 5.69 Å². The molecule has 0 bridgehead atoms. The third-order valence-electron chi connectivity index (χ3n) is 4.36. The van der Waals surface area contributed by atoms with Crippen molar-refractivity contribution in [3.63, 3.8) is 0 Å². The van der Waals surface area contributed by atoms with Crippen LogP contribution < -0.4 is 5.32 Å². The van der Waals surface area contributed by atoms with Crippen molar-refractivity contribution >= 4 is 11.8 Å². The van der Waals surface area contributed by atoms with Gasteiger partial charge in [-0.1, -0.05) is 12.1 Å². The number of carbonyl (C=O) groups excluding carboxylic acids is 2. The van der Waals surface area contributed by atoms with Gasteiger partial charge in [-0.2, -0.15) is 18.3 Å². The number of hydrogen-bond donors (Lipinski definition) is 1. The predicted octanol–water partition coefficient (Wildman–Crippen LogP) is 2.38. The Kier molecular flexibility index (Phi) is 4.90. The van der Waals surface area contributed by atoms with E-state index < -0.39 is 40.9 Å². The molecule has 0 saturated carbocycles. The zero-order chi connectivity index (χ0) is 19.8. The Morgan fingerprint density at radius 1 is 1.30 bits per heavy atom. The van der Waals surface area contributed by atoms with Crippen molar-refractivity contribution in [3.8, 4) is 5.69 Å². The molecule has 2 aromatic rings. The molecule has 1 N–H and O–H groups in total. The van der Waals surface area contributed by atoms with E-state index in [0.29, 0.717) is 17.6 Å². The van der Waals surface area contributed by atoms with Crippen molar-refractivity contribution < 1.29 is 27.2 Å².